The van der Waals surface area contributed by atoms with Crippen LogP contribution >= 0.6 is 0 Å². The van der Waals surface area contributed by atoms with Crippen LogP contribution in [-0.4, -0.2) is 13.1 Å². The Hall–Kier alpha value is -1.08. The number of hydrogen-bond acceptors (Lipinski definition) is 1. The summed E-state index contributed by atoms with van der Waals surface area (Å²) >= 11 is 0. The minimum absolute atomic E-state index is 0.721. The highest BCUT2D eigenvalue weighted by Crippen LogP contribution is 2.19. The first-order valence-corrected chi connectivity index (χ1v) is 5.81. The van der Waals surface area contributed by atoms with Crippen LogP contribution in [0.1, 0.15) is 25.3 Å². The molecule has 1 heteroatoms. The fourth-order valence-electron chi connectivity index (χ4n) is 2.17. The van der Waals surface area contributed by atoms with Crippen LogP contribution in [0.3, 0.4) is 0 Å². The van der Waals surface area contributed by atoms with Gasteiger partial charge in [0, 0.05) is 6.54 Å². The molecule has 0 amide bonds. The number of hydrogen-bond donors (Lipinski definition) is 1. The molecule has 0 aromatic heterocycles. The molecule has 1 heterocycles. The molecule has 1 aromatic carbocycles. The molecule has 0 aliphatic carbocycles. The molecule has 0 radical (unpaired) electrons. The van der Waals surface area contributed by atoms with E-state index in [1.165, 1.54) is 30.5 Å². The number of allylic oxidation sites excluding steroid dienone is 1. The average Bonchev–Trinajstić information content (AvgIpc) is 2.31. The molecule has 80 valence electrons. The molecule has 1 N–H and O–H groups in total. The fourth-order valence-corrected chi connectivity index (χ4v) is 2.17. The molecule has 1 saturated heterocycles. The van der Waals surface area contributed by atoms with Crippen molar-refractivity contribution in [1.29, 1.82) is 0 Å². The number of benzene rings is 1. The van der Waals surface area contributed by atoms with E-state index in [1.807, 2.05) is 0 Å². The Morgan fingerprint density at radius 1 is 1.33 bits per heavy atom. The van der Waals surface area contributed by atoms with Crippen molar-refractivity contribution < 1.29 is 0 Å². The molecular formula is C14H19N. The monoisotopic (exact) mass is 201 g/mol. The van der Waals surface area contributed by atoms with Crippen LogP contribution in [0, 0.1) is 5.92 Å². The zero-order valence-electron chi connectivity index (χ0n) is 9.37. The minimum Gasteiger partial charge on any atom is -0.316 e. The zero-order chi connectivity index (χ0) is 10.5. The van der Waals surface area contributed by atoms with E-state index in [0.717, 1.165) is 12.5 Å². The second kappa shape index (κ2) is 5.13. The van der Waals surface area contributed by atoms with Gasteiger partial charge >= 0.3 is 0 Å². The van der Waals surface area contributed by atoms with Crippen molar-refractivity contribution in [2.24, 2.45) is 5.92 Å². The third-order valence-electron chi connectivity index (χ3n) is 3.05. The predicted octanol–water partition coefficient (Wildman–Crippen LogP) is 3.09. The molecule has 15 heavy (non-hydrogen) atoms. The van der Waals surface area contributed by atoms with E-state index in [9.17, 15) is 0 Å². The Morgan fingerprint density at radius 3 is 2.80 bits per heavy atom. The summed E-state index contributed by atoms with van der Waals surface area (Å²) < 4.78 is 0. The van der Waals surface area contributed by atoms with Crippen LogP contribution in [0.5, 0.6) is 0 Å². The first-order valence-electron chi connectivity index (χ1n) is 5.81. The fraction of sp³-hybridized carbons (Fsp3) is 0.429. The van der Waals surface area contributed by atoms with Crippen molar-refractivity contribution in [1.82, 2.24) is 5.32 Å². The SMILES string of the molecule is C/C(=C/C1CCCNC1)c1ccccc1. The summed E-state index contributed by atoms with van der Waals surface area (Å²) in [7, 11) is 0. The molecule has 0 spiro atoms. The summed E-state index contributed by atoms with van der Waals surface area (Å²) in [6.45, 7) is 4.54. The second-order valence-electron chi connectivity index (χ2n) is 4.32. The molecule has 1 fully saturated rings. The summed E-state index contributed by atoms with van der Waals surface area (Å²) in [4.78, 5) is 0. The first-order chi connectivity index (χ1) is 7.36. The molecule has 1 unspecified atom stereocenters. The molecule has 0 bridgehead atoms. The Labute approximate surface area is 92.2 Å². The van der Waals surface area contributed by atoms with Crippen molar-refractivity contribution in [2.75, 3.05) is 13.1 Å². The van der Waals surface area contributed by atoms with E-state index < -0.39 is 0 Å². The largest absolute Gasteiger partial charge is 0.316 e. The average molecular weight is 201 g/mol. The maximum atomic E-state index is 3.45. The van der Waals surface area contributed by atoms with Gasteiger partial charge in [-0.05, 0) is 43.4 Å². The summed E-state index contributed by atoms with van der Waals surface area (Å²) in [5, 5.41) is 3.45. The topological polar surface area (TPSA) is 12.0 Å². The van der Waals surface area contributed by atoms with Gasteiger partial charge in [-0.3, -0.25) is 0 Å². The van der Waals surface area contributed by atoms with Crippen LogP contribution in [0.15, 0.2) is 36.4 Å². The van der Waals surface area contributed by atoms with Crippen LogP contribution in [0.25, 0.3) is 5.57 Å². The molecule has 1 atom stereocenters. The summed E-state index contributed by atoms with van der Waals surface area (Å²) in [5.74, 6) is 0.721. The Bertz CT molecular complexity index is 320. The van der Waals surface area contributed by atoms with Gasteiger partial charge in [-0.2, -0.15) is 0 Å². The number of nitrogens with one attached hydrogen (secondary N) is 1. The van der Waals surface area contributed by atoms with Crippen molar-refractivity contribution in [2.45, 2.75) is 19.8 Å². The lowest BCUT2D eigenvalue weighted by Crippen LogP contribution is -2.28. The van der Waals surface area contributed by atoms with Gasteiger partial charge in [0.25, 0.3) is 0 Å². The lowest BCUT2D eigenvalue weighted by Gasteiger charge is -2.20. The third-order valence-corrected chi connectivity index (χ3v) is 3.05. The zero-order valence-corrected chi connectivity index (χ0v) is 9.37. The van der Waals surface area contributed by atoms with Crippen molar-refractivity contribution >= 4 is 5.57 Å². The molecule has 1 aliphatic heterocycles. The minimum atomic E-state index is 0.721. The predicted molar refractivity (Wildman–Crippen MR) is 65.7 cm³/mol. The third kappa shape index (κ3) is 2.93. The molecular weight excluding hydrogens is 182 g/mol. The van der Waals surface area contributed by atoms with Crippen LogP contribution < -0.4 is 5.32 Å². The van der Waals surface area contributed by atoms with Gasteiger partial charge in [0.05, 0.1) is 0 Å². The van der Waals surface area contributed by atoms with E-state index in [1.54, 1.807) is 0 Å². The highest BCUT2D eigenvalue weighted by molar-refractivity contribution is 5.63. The van der Waals surface area contributed by atoms with Crippen molar-refractivity contribution in [3.8, 4) is 0 Å². The van der Waals surface area contributed by atoms with Gasteiger partial charge in [-0.15, -0.1) is 0 Å². The van der Waals surface area contributed by atoms with Gasteiger partial charge in [-0.1, -0.05) is 36.4 Å². The summed E-state index contributed by atoms with van der Waals surface area (Å²) in [5.41, 5.74) is 2.76. The quantitative estimate of drug-likeness (QED) is 0.775. The number of rotatable bonds is 2. The Balaban J connectivity index is 2.06. The van der Waals surface area contributed by atoms with E-state index in [4.69, 9.17) is 0 Å². The number of piperidine rings is 1. The van der Waals surface area contributed by atoms with Crippen LogP contribution in [0.2, 0.25) is 0 Å². The van der Waals surface area contributed by atoms with E-state index in [2.05, 4.69) is 48.6 Å². The Morgan fingerprint density at radius 2 is 2.13 bits per heavy atom. The normalized spacial score (nSPS) is 22.7. The molecule has 1 aromatic rings. The van der Waals surface area contributed by atoms with Gasteiger partial charge in [0.1, 0.15) is 0 Å². The molecule has 2 rings (SSSR count). The van der Waals surface area contributed by atoms with Gasteiger partial charge in [0.15, 0.2) is 0 Å². The lowest BCUT2D eigenvalue weighted by molar-refractivity contribution is 0.439. The van der Waals surface area contributed by atoms with E-state index in [-0.39, 0.29) is 0 Å². The highest BCUT2D eigenvalue weighted by Gasteiger charge is 2.10. The molecule has 1 aliphatic rings. The Kier molecular flexibility index (Phi) is 3.57. The van der Waals surface area contributed by atoms with E-state index in [0.29, 0.717) is 0 Å². The van der Waals surface area contributed by atoms with Crippen molar-refractivity contribution in [3.05, 3.63) is 42.0 Å². The molecule has 1 nitrogen and oxygen atoms in total. The standard InChI is InChI=1S/C14H19N/c1-12(14-7-3-2-4-8-14)10-13-6-5-9-15-11-13/h2-4,7-8,10,13,15H,5-6,9,11H2,1H3/b12-10-. The summed E-state index contributed by atoms with van der Waals surface area (Å²) in [6.07, 6.45) is 5.06. The first kappa shape index (κ1) is 10.4. The van der Waals surface area contributed by atoms with E-state index >= 15 is 0 Å². The summed E-state index contributed by atoms with van der Waals surface area (Å²) in [6, 6.07) is 10.6. The lowest BCUT2D eigenvalue weighted by atomic mass is 9.95. The van der Waals surface area contributed by atoms with Gasteiger partial charge < -0.3 is 5.32 Å². The second-order valence-corrected chi connectivity index (χ2v) is 4.32. The van der Waals surface area contributed by atoms with Crippen LogP contribution in [-0.2, 0) is 0 Å². The molecule has 0 saturated carbocycles. The van der Waals surface area contributed by atoms with Gasteiger partial charge in [0.2, 0.25) is 0 Å². The van der Waals surface area contributed by atoms with Crippen molar-refractivity contribution in [3.63, 3.8) is 0 Å². The highest BCUT2D eigenvalue weighted by atomic mass is 14.9. The maximum absolute atomic E-state index is 3.45. The maximum Gasteiger partial charge on any atom is 0.00144 e. The van der Waals surface area contributed by atoms with Crippen LogP contribution in [0.4, 0.5) is 0 Å². The van der Waals surface area contributed by atoms with Gasteiger partial charge in [-0.25, -0.2) is 0 Å². The smallest absolute Gasteiger partial charge is 0.00144 e.